The lowest BCUT2D eigenvalue weighted by molar-refractivity contribution is -0.156. The van der Waals surface area contributed by atoms with Crippen LogP contribution in [-0.2, 0) is 20.7 Å². The third-order valence-electron chi connectivity index (χ3n) is 3.63. The second-order valence-corrected chi connectivity index (χ2v) is 6.07. The summed E-state index contributed by atoms with van der Waals surface area (Å²) in [5.74, 6) is -0.286. The van der Waals surface area contributed by atoms with Gasteiger partial charge < -0.3 is 9.64 Å². The number of carbonyl (C=O) groups is 2. The van der Waals surface area contributed by atoms with Crippen LogP contribution in [0.4, 0.5) is 0 Å². The van der Waals surface area contributed by atoms with Gasteiger partial charge in [-0.05, 0) is 43.9 Å². The summed E-state index contributed by atoms with van der Waals surface area (Å²) in [5, 5.41) is 0. The van der Waals surface area contributed by atoms with E-state index in [-0.39, 0.29) is 11.9 Å². The van der Waals surface area contributed by atoms with E-state index in [1.54, 1.807) is 11.8 Å². The van der Waals surface area contributed by atoms with Crippen LogP contribution in [0.15, 0.2) is 28.7 Å². The fourth-order valence-corrected chi connectivity index (χ4v) is 3.08. The summed E-state index contributed by atoms with van der Waals surface area (Å²) in [7, 11) is 0. The van der Waals surface area contributed by atoms with Gasteiger partial charge in [0.15, 0.2) is 0 Å². The molecule has 1 aliphatic heterocycles. The molecule has 1 atom stereocenters. The summed E-state index contributed by atoms with van der Waals surface area (Å²) in [6, 6.07) is 7.27. The highest BCUT2D eigenvalue weighted by atomic mass is 79.9. The molecule has 5 heteroatoms. The van der Waals surface area contributed by atoms with Crippen LogP contribution in [0.2, 0.25) is 0 Å². The number of piperidine rings is 1. The number of nitrogens with zero attached hydrogens (tertiary/aromatic N) is 1. The number of ether oxygens (including phenoxy) is 1. The molecule has 4 nitrogen and oxygen atoms in total. The van der Waals surface area contributed by atoms with Gasteiger partial charge in [-0.15, -0.1) is 0 Å². The number of amides is 1. The highest BCUT2D eigenvalue weighted by molar-refractivity contribution is 9.10. The van der Waals surface area contributed by atoms with E-state index in [4.69, 9.17) is 4.74 Å². The Balaban J connectivity index is 2.06. The molecular formula is C16H20BrNO3. The summed E-state index contributed by atoms with van der Waals surface area (Å²) in [6.45, 7) is 2.77. The number of hydrogen-bond donors (Lipinski definition) is 0. The minimum absolute atomic E-state index is 0.00847. The lowest BCUT2D eigenvalue weighted by atomic mass is 10.0. The molecule has 1 heterocycles. The molecule has 1 saturated heterocycles. The van der Waals surface area contributed by atoms with Gasteiger partial charge >= 0.3 is 5.97 Å². The van der Waals surface area contributed by atoms with Gasteiger partial charge in [0.05, 0.1) is 13.0 Å². The van der Waals surface area contributed by atoms with Crippen molar-refractivity contribution in [2.45, 2.75) is 38.6 Å². The minimum atomic E-state index is -0.418. The van der Waals surface area contributed by atoms with Gasteiger partial charge in [0.25, 0.3) is 0 Å². The topological polar surface area (TPSA) is 46.6 Å². The average molecular weight is 354 g/mol. The second kappa shape index (κ2) is 7.59. The average Bonchev–Trinajstić information content (AvgIpc) is 2.47. The Morgan fingerprint density at radius 1 is 1.38 bits per heavy atom. The van der Waals surface area contributed by atoms with Crippen LogP contribution >= 0.6 is 15.9 Å². The van der Waals surface area contributed by atoms with E-state index in [9.17, 15) is 9.59 Å². The molecule has 0 bridgehead atoms. The van der Waals surface area contributed by atoms with Gasteiger partial charge in [-0.2, -0.15) is 0 Å². The molecule has 0 aliphatic carbocycles. The van der Waals surface area contributed by atoms with Crippen LogP contribution in [0.5, 0.6) is 0 Å². The molecule has 0 saturated carbocycles. The maximum atomic E-state index is 12.5. The Kier molecular flexibility index (Phi) is 5.79. The van der Waals surface area contributed by atoms with E-state index >= 15 is 0 Å². The minimum Gasteiger partial charge on any atom is -0.464 e. The summed E-state index contributed by atoms with van der Waals surface area (Å²) in [5.41, 5.74) is 0.947. The highest BCUT2D eigenvalue weighted by Gasteiger charge is 2.32. The van der Waals surface area contributed by atoms with Crippen LogP contribution in [-0.4, -0.2) is 36.0 Å². The molecule has 1 amide bonds. The number of benzene rings is 1. The first-order valence-electron chi connectivity index (χ1n) is 7.32. The monoisotopic (exact) mass is 353 g/mol. The number of esters is 1. The first kappa shape index (κ1) is 16.0. The Labute approximate surface area is 133 Å². The zero-order valence-corrected chi connectivity index (χ0v) is 13.8. The van der Waals surface area contributed by atoms with Crippen molar-refractivity contribution in [2.75, 3.05) is 13.2 Å². The van der Waals surface area contributed by atoms with Crippen molar-refractivity contribution in [3.8, 4) is 0 Å². The fourth-order valence-electron chi connectivity index (χ4n) is 2.64. The SMILES string of the molecule is CCOC(=O)C1CCCCN1C(=O)Cc1cccc(Br)c1. The molecule has 114 valence electrons. The third kappa shape index (κ3) is 4.30. The van der Waals surface area contributed by atoms with Crippen molar-refractivity contribution in [1.82, 2.24) is 4.90 Å². The standard InChI is InChI=1S/C16H20BrNO3/c1-2-21-16(20)14-8-3-4-9-18(14)15(19)11-12-6-5-7-13(17)10-12/h5-7,10,14H,2-4,8-9,11H2,1H3. The van der Waals surface area contributed by atoms with Gasteiger partial charge in [-0.1, -0.05) is 28.1 Å². The summed E-state index contributed by atoms with van der Waals surface area (Å²) >= 11 is 3.40. The third-order valence-corrected chi connectivity index (χ3v) is 4.12. The fraction of sp³-hybridized carbons (Fsp3) is 0.500. The number of halogens is 1. The maximum Gasteiger partial charge on any atom is 0.328 e. The lowest BCUT2D eigenvalue weighted by Crippen LogP contribution is -2.49. The van der Waals surface area contributed by atoms with E-state index in [0.717, 1.165) is 22.9 Å². The second-order valence-electron chi connectivity index (χ2n) is 5.16. The van der Waals surface area contributed by atoms with Crippen molar-refractivity contribution in [2.24, 2.45) is 0 Å². The molecular weight excluding hydrogens is 334 g/mol. The first-order valence-corrected chi connectivity index (χ1v) is 8.11. The van der Waals surface area contributed by atoms with E-state index in [1.807, 2.05) is 24.3 Å². The number of carbonyl (C=O) groups excluding carboxylic acids is 2. The molecule has 0 N–H and O–H groups in total. The summed E-state index contributed by atoms with van der Waals surface area (Å²) in [4.78, 5) is 26.2. The molecule has 1 fully saturated rings. The lowest BCUT2D eigenvalue weighted by Gasteiger charge is -2.34. The van der Waals surface area contributed by atoms with Crippen molar-refractivity contribution < 1.29 is 14.3 Å². The van der Waals surface area contributed by atoms with Crippen molar-refractivity contribution >= 4 is 27.8 Å². The molecule has 1 aromatic rings. The molecule has 1 unspecified atom stereocenters. The Morgan fingerprint density at radius 3 is 2.90 bits per heavy atom. The Hall–Kier alpha value is -1.36. The zero-order valence-electron chi connectivity index (χ0n) is 12.2. The number of hydrogen-bond acceptors (Lipinski definition) is 3. The summed E-state index contributed by atoms with van der Waals surface area (Å²) in [6.07, 6.45) is 2.92. The van der Waals surface area contributed by atoms with Gasteiger partial charge in [0.1, 0.15) is 6.04 Å². The smallest absolute Gasteiger partial charge is 0.328 e. The number of likely N-dealkylation sites (tertiary alicyclic amines) is 1. The molecule has 0 radical (unpaired) electrons. The van der Waals surface area contributed by atoms with Crippen LogP contribution < -0.4 is 0 Å². The van der Waals surface area contributed by atoms with Crippen LogP contribution in [0.1, 0.15) is 31.7 Å². The van der Waals surface area contributed by atoms with Crippen molar-refractivity contribution in [3.05, 3.63) is 34.3 Å². The molecule has 0 spiro atoms. The van der Waals surface area contributed by atoms with Crippen LogP contribution in [0.25, 0.3) is 0 Å². The molecule has 0 aromatic heterocycles. The molecule has 1 aromatic carbocycles. The van der Waals surface area contributed by atoms with Gasteiger partial charge in [-0.25, -0.2) is 4.79 Å². The van der Waals surface area contributed by atoms with Gasteiger partial charge in [-0.3, -0.25) is 4.79 Å². The maximum absolute atomic E-state index is 12.5. The zero-order chi connectivity index (χ0) is 15.2. The van der Waals surface area contributed by atoms with E-state index in [1.165, 1.54) is 0 Å². The predicted octanol–water partition coefficient (Wildman–Crippen LogP) is 2.94. The Bertz CT molecular complexity index is 518. The van der Waals surface area contributed by atoms with E-state index in [2.05, 4.69) is 15.9 Å². The normalized spacial score (nSPS) is 18.4. The predicted molar refractivity (Wildman–Crippen MR) is 83.8 cm³/mol. The first-order chi connectivity index (χ1) is 10.1. The highest BCUT2D eigenvalue weighted by Crippen LogP contribution is 2.20. The Morgan fingerprint density at radius 2 is 2.19 bits per heavy atom. The largest absolute Gasteiger partial charge is 0.464 e. The molecule has 2 rings (SSSR count). The summed E-state index contributed by atoms with van der Waals surface area (Å²) < 4.78 is 6.04. The van der Waals surface area contributed by atoms with Crippen LogP contribution in [0.3, 0.4) is 0 Å². The van der Waals surface area contributed by atoms with Gasteiger partial charge in [0.2, 0.25) is 5.91 Å². The van der Waals surface area contributed by atoms with E-state index < -0.39 is 6.04 Å². The number of rotatable bonds is 4. The molecule has 1 aliphatic rings. The quantitative estimate of drug-likeness (QED) is 0.781. The van der Waals surface area contributed by atoms with Gasteiger partial charge in [0, 0.05) is 11.0 Å². The van der Waals surface area contributed by atoms with Crippen molar-refractivity contribution in [1.29, 1.82) is 0 Å². The van der Waals surface area contributed by atoms with Crippen LogP contribution in [0, 0.1) is 0 Å². The van der Waals surface area contributed by atoms with Crippen molar-refractivity contribution in [3.63, 3.8) is 0 Å². The molecule has 21 heavy (non-hydrogen) atoms. The van der Waals surface area contributed by atoms with E-state index in [0.29, 0.717) is 26.0 Å².